The van der Waals surface area contributed by atoms with E-state index in [0.717, 1.165) is 0 Å². The van der Waals surface area contributed by atoms with Gasteiger partial charge in [0.15, 0.2) is 5.11 Å². The minimum absolute atomic E-state index is 0.127. The number of nitrogens with two attached hydrogens (primary N) is 1. The molecule has 0 fully saturated rings. The van der Waals surface area contributed by atoms with E-state index in [1.165, 1.54) is 0 Å². The summed E-state index contributed by atoms with van der Waals surface area (Å²) >= 11 is 9.15. The first-order valence-corrected chi connectivity index (χ1v) is 3.46. The van der Waals surface area contributed by atoms with Crippen LogP contribution in [0.2, 0.25) is 0 Å². The zero-order valence-corrected chi connectivity index (χ0v) is 7.14. The predicted molar refractivity (Wildman–Crippen MR) is 47.3 cm³/mol. The number of hydrogen-bond acceptors (Lipinski definition) is 3. The first kappa shape index (κ1) is 9.38. The van der Waals surface area contributed by atoms with Crippen LogP contribution in [0, 0.1) is 0 Å². The number of ether oxygens (including phenoxy) is 1. The van der Waals surface area contributed by atoms with Crippen molar-refractivity contribution in [3.05, 3.63) is 0 Å². The summed E-state index contributed by atoms with van der Waals surface area (Å²) in [5.74, 6) is 0. The molecule has 0 amide bonds. The molecule has 4 N–H and O–H groups in total. The molecular weight excluding hydrogens is 170 g/mol. The van der Waals surface area contributed by atoms with Crippen molar-refractivity contribution < 1.29 is 4.74 Å². The maximum atomic E-state index is 5.08. The molecule has 6 heteroatoms. The highest BCUT2D eigenvalue weighted by atomic mass is 32.1. The number of rotatable bonds is 1. The molecule has 10 heavy (non-hydrogen) atoms. The minimum Gasteiger partial charge on any atom is -0.470 e. The van der Waals surface area contributed by atoms with Crippen LogP contribution in [0.3, 0.4) is 0 Å². The van der Waals surface area contributed by atoms with Crippen molar-refractivity contribution in [1.29, 1.82) is 0 Å². The molecule has 0 aliphatic carbocycles. The van der Waals surface area contributed by atoms with Gasteiger partial charge in [0.1, 0.15) is 0 Å². The number of hydrazine groups is 1. The Morgan fingerprint density at radius 2 is 2.10 bits per heavy atom. The highest BCUT2D eigenvalue weighted by molar-refractivity contribution is 7.80. The molecule has 0 aromatic heterocycles. The highest BCUT2D eigenvalue weighted by Gasteiger charge is 1.91. The standard InChI is InChI=1S/C4H9N3OS2/c1-2-8-4(10)7-6-3(5)9/h2H2,1H3,(H,7,10)(H3,5,6,9). The van der Waals surface area contributed by atoms with Gasteiger partial charge in [-0.1, -0.05) is 0 Å². The molecule has 0 spiro atoms. The van der Waals surface area contributed by atoms with Crippen LogP contribution in [0.5, 0.6) is 0 Å². The van der Waals surface area contributed by atoms with Crippen LogP contribution < -0.4 is 16.6 Å². The van der Waals surface area contributed by atoms with E-state index in [-0.39, 0.29) is 10.3 Å². The Labute approximate surface area is 70.1 Å². The van der Waals surface area contributed by atoms with Crippen molar-refractivity contribution in [3.8, 4) is 0 Å². The fourth-order valence-corrected chi connectivity index (χ4v) is 0.500. The topological polar surface area (TPSA) is 59.3 Å². The molecule has 0 heterocycles. The highest BCUT2D eigenvalue weighted by Crippen LogP contribution is 1.73. The molecule has 0 atom stereocenters. The molecule has 4 nitrogen and oxygen atoms in total. The summed E-state index contributed by atoms with van der Waals surface area (Å²) in [5.41, 5.74) is 9.98. The molecule has 0 aromatic rings. The van der Waals surface area contributed by atoms with E-state index in [1.54, 1.807) is 0 Å². The normalized spacial score (nSPS) is 8.10. The summed E-state index contributed by atoms with van der Waals surface area (Å²) in [6, 6.07) is 0. The van der Waals surface area contributed by atoms with Crippen LogP contribution in [-0.4, -0.2) is 16.9 Å². The van der Waals surface area contributed by atoms with Gasteiger partial charge < -0.3 is 10.5 Å². The Balaban J connectivity index is 3.30. The predicted octanol–water partition coefficient (Wildman–Crippen LogP) is -0.354. The summed E-state index contributed by atoms with van der Waals surface area (Å²) < 4.78 is 4.83. The van der Waals surface area contributed by atoms with Crippen molar-refractivity contribution in [3.63, 3.8) is 0 Å². The lowest BCUT2D eigenvalue weighted by atomic mass is 10.9. The average Bonchev–Trinajstić information content (AvgIpc) is 1.85. The summed E-state index contributed by atoms with van der Waals surface area (Å²) in [7, 11) is 0. The van der Waals surface area contributed by atoms with Crippen LogP contribution in [0.1, 0.15) is 6.92 Å². The van der Waals surface area contributed by atoms with E-state index in [0.29, 0.717) is 6.61 Å². The fraction of sp³-hybridized carbons (Fsp3) is 0.500. The van der Waals surface area contributed by atoms with E-state index >= 15 is 0 Å². The minimum atomic E-state index is 0.127. The van der Waals surface area contributed by atoms with Crippen molar-refractivity contribution in [2.24, 2.45) is 5.73 Å². The quantitative estimate of drug-likeness (QED) is 0.378. The van der Waals surface area contributed by atoms with Gasteiger partial charge in [0.25, 0.3) is 5.17 Å². The molecule has 0 saturated heterocycles. The van der Waals surface area contributed by atoms with Crippen LogP contribution in [0.4, 0.5) is 0 Å². The Morgan fingerprint density at radius 1 is 1.50 bits per heavy atom. The zero-order valence-electron chi connectivity index (χ0n) is 5.51. The smallest absolute Gasteiger partial charge is 0.275 e. The molecule has 0 saturated carbocycles. The van der Waals surface area contributed by atoms with Crippen molar-refractivity contribution >= 4 is 34.7 Å². The van der Waals surface area contributed by atoms with E-state index in [9.17, 15) is 0 Å². The second-order valence-corrected chi connectivity index (χ2v) is 2.15. The van der Waals surface area contributed by atoms with Crippen LogP contribution in [-0.2, 0) is 4.74 Å². The van der Waals surface area contributed by atoms with Gasteiger partial charge in [0.2, 0.25) is 0 Å². The third kappa shape index (κ3) is 5.52. The first-order valence-electron chi connectivity index (χ1n) is 2.65. The van der Waals surface area contributed by atoms with E-state index in [4.69, 9.17) is 10.5 Å². The van der Waals surface area contributed by atoms with Gasteiger partial charge in [-0.05, 0) is 31.4 Å². The molecule has 0 unspecified atom stereocenters. The third-order valence-electron chi connectivity index (χ3n) is 0.563. The maximum Gasteiger partial charge on any atom is 0.275 e. The molecule has 0 aromatic carbocycles. The van der Waals surface area contributed by atoms with Gasteiger partial charge in [-0.15, -0.1) is 0 Å². The SMILES string of the molecule is CCOC(=S)NNC(N)=S. The van der Waals surface area contributed by atoms with Crippen molar-refractivity contribution in [2.45, 2.75) is 6.92 Å². The van der Waals surface area contributed by atoms with Crippen LogP contribution >= 0.6 is 24.4 Å². The summed E-state index contributed by atoms with van der Waals surface area (Å²) in [6.07, 6.45) is 0. The van der Waals surface area contributed by atoms with Crippen molar-refractivity contribution in [2.75, 3.05) is 6.61 Å². The molecule has 0 rings (SSSR count). The van der Waals surface area contributed by atoms with Gasteiger partial charge in [-0.3, -0.25) is 10.9 Å². The first-order chi connectivity index (χ1) is 4.66. The number of nitrogens with one attached hydrogen (secondary N) is 2. The molecule has 0 aliphatic heterocycles. The number of hydrogen-bond donors (Lipinski definition) is 3. The Kier molecular flexibility index (Phi) is 4.87. The summed E-state index contributed by atoms with van der Waals surface area (Å²) in [4.78, 5) is 0. The fourth-order valence-electron chi connectivity index (χ4n) is 0.280. The van der Waals surface area contributed by atoms with Gasteiger partial charge in [0.05, 0.1) is 6.61 Å². The molecule has 0 bridgehead atoms. The average molecular weight is 179 g/mol. The second kappa shape index (κ2) is 5.19. The lowest BCUT2D eigenvalue weighted by Gasteiger charge is -2.07. The lowest BCUT2D eigenvalue weighted by molar-refractivity contribution is 0.318. The van der Waals surface area contributed by atoms with Crippen LogP contribution in [0.15, 0.2) is 0 Å². The number of thiocarbonyl (C=S) groups is 2. The molecular formula is C4H9N3OS2. The van der Waals surface area contributed by atoms with Crippen molar-refractivity contribution in [1.82, 2.24) is 10.9 Å². The lowest BCUT2D eigenvalue weighted by Crippen LogP contribution is -2.44. The van der Waals surface area contributed by atoms with Gasteiger partial charge >= 0.3 is 0 Å². The summed E-state index contributed by atoms with van der Waals surface area (Å²) in [6.45, 7) is 2.35. The largest absolute Gasteiger partial charge is 0.470 e. The Hall–Kier alpha value is -0.620. The Morgan fingerprint density at radius 3 is 2.50 bits per heavy atom. The van der Waals surface area contributed by atoms with Crippen LogP contribution in [0.25, 0.3) is 0 Å². The van der Waals surface area contributed by atoms with Gasteiger partial charge in [-0.2, -0.15) is 0 Å². The monoisotopic (exact) mass is 179 g/mol. The molecule has 0 aliphatic rings. The van der Waals surface area contributed by atoms with E-state index in [1.807, 2.05) is 6.92 Å². The molecule has 0 radical (unpaired) electrons. The van der Waals surface area contributed by atoms with E-state index in [2.05, 4.69) is 35.3 Å². The van der Waals surface area contributed by atoms with E-state index < -0.39 is 0 Å². The molecule has 58 valence electrons. The zero-order chi connectivity index (χ0) is 7.98. The van der Waals surface area contributed by atoms with Gasteiger partial charge in [-0.25, -0.2) is 0 Å². The summed E-state index contributed by atoms with van der Waals surface area (Å²) in [5, 5.41) is 0.359. The maximum absolute atomic E-state index is 5.08. The second-order valence-electron chi connectivity index (χ2n) is 1.33. The Bertz CT molecular complexity index is 138. The van der Waals surface area contributed by atoms with Gasteiger partial charge in [0, 0.05) is 0 Å². The third-order valence-corrected chi connectivity index (χ3v) is 0.885.